The zero-order chi connectivity index (χ0) is 49.4. The van der Waals surface area contributed by atoms with Crippen molar-refractivity contribution in [1.82, 2.24) is 0 Å². The van der Waals surface area contributed by atoms with Gasteiger partial charge < -0.3 is 37.1 Å². The van der Waals surface area contributed by atoms with E-state index < -0.39 is 35.4 Å². The summed E-state index contributed by atoms with van der Waals surface area (Å²) < 4.78 is 67.2. The van der Waals surface area contributed by atoms with Crippen LogP contribution in [0, 0.1) is 0 Å². The van der Waals surface area contributed by atoms with Crippen LogP contribution in [-0.4, -0.2) is 77.4 Å². The molecular weight excluding hydrogens is 951 g/mol. The molecule has 7 aliphatic rings. The van der Waals surface area contributed by atoms with Gasteiger partial charge >= 0.3 is 21.1 Å². The Kier molecular flexibility index (Phi) is 17.5. The predicted molar refractivity (Wildman–Crippen MR) is 290 cm³/mol. The Balaban J connectivity index is 0.000000156. The van der Waals surface area contributed by atoms with E-state index in [0.717, 1.165) is 46.2 Å². The van der Waals surface area contributed by atoms with E-state index in [2.05, 4.69) is 86.1 Å². The molecule has 2 aromatic carbocycles. The number of hydrogen-bond acceptors (Lipinski definition) is 8. The Morgan fingerprint density at radius 2 is 0.662 bits per heavy atom. The van der Waals surface area contributed by atoms with Crippen LogP contribution in [0.3, 0.4) is 0 Å². The van der Waals surface area contributed by atoms with Gasteiger partial charge in [0.05, 0.1) is 33.6 Å². The average molecular weight is 1040 g/mol. The van der Waals surface area contributed by atoms with Crippen LogP contribution in [0.4, 0.5) is 0 Å². The van der Waals surface area contributed by atoms with Crippen molar-refractivity contribution < 1.29 is 37.1 Å². The summed E-state index contributed by atoms with van der Waals surface area (Å²) >= 11 is 3.69. The van der Waals surface area contributed by atoms with Gasteiger partial charge in [0, 0.05) is 37.7 Å². The van der Waals surface area contributed by atoms with Gasteiger partial charge in [-0.3, -0.25) is 0 Å². The second-order valence-electron chi connectivity index (χ2n) is 24.4. The molecule has 7 fully saturated rings. The second kappa shape index (κ2) is 21.7. The molecule has 0 spiro atoms. The van der Waals surface area contributed by atoms with E-state index in [-0.39, 0.29) is 33.6 Å². The summed E-state index contributed by atoms with van der Waals surface area (Å²) in [5.74, 6) is 0. The Labute approximate surface area is 423 Å². The molecule has 378 valence electrons. The molecule has 3 aliphatic heterocycles. The van der Waals surface area contributed by atoms with E-state index >= 15 is 4.57 Å². The molecule has 4 aliphatic carbocycles. The summed E-state index contributed by atoms with van der Waals surface area (Å²) in [6.07, 6.45) is 24.4. The van der Waals surface area contributed by atoms with Crippen LogP contribution in [0.2, 0.25) is 0 Å². The van der Waals surface area contributed by atoms with Crippen LogP contribution in [-0.2, 0) is 37.1 Å². The third-order valence-corrected chi connectivity index (χ3v) is 28.0. The van der Waals surface area contributed by atoms with Crippen LogP contribution in [0.25, 0.3) is 0 Å². The highest BCUT2D eigenvalue weighted by Gasteiger charge is 2.64. The molecule has 0 radical (unpaired) electrons. The van der Waals surface area contributed by atoms with E-state index in [9.17, 15) is 4.57 Å². The zero-order valence-electron chi connectivity index (χ0n) is 44.3. The van der Waals surface area contributed by atoms with Gasteiger partial charge in [0.25, 0.3) is 0 Å². The lowest BCUT2D eigenvalue weighted by atomic mass is 9.49. The van der Waals surface area contributed by atoms with Crippen molar-refractivity contribution in [3.05, 3.63) is 53.0 Å². The van der Waals surface area contributed by atoms with Crippen LogP contribution < -0.4 is 16.1 Å². The van der Waals surface area contributed by atoms with Crippen molar-refractivity contribution in [2.24, 2.45) is 0 Å². The molecule has 68 heavy (non-hydrogen) atoms. The van der Waals surface area contributed by atoms with Gasteiger partial charge in [-0.15, -0.1) is 0 Å². The van der Waals surface area contributed by atoms with E-state index in [1.54, 1.807) is 0 Å². The summed E-state index contributed by atoms with van der Waals surface area (Å²) in [4.78, 5) is 0. The molecule has 8 nitrogen and oxygen atoms in total. The fraction of sp³-hybridized carbons (Fsp3) is 0.778. The van der Waals surface area contributed by atoms with Crippen molar-refractivity contribution in [2.75, 3.05) is 0 Å². The SMILES string of the molecule is CC1(C)OB(B2OC(C)(C)C(C)(C)O2)OC1(C)C.CC1(C)OB(c2ccccc2P(=O)(C2CCCCC2)C2CCCCC2)OC1(C)C.O=P(c1ccccc1Br)(C1CCCCC1)C1CCCCC1. The minimum Gasteiger partial charge on any atom is -0.405 e. The monoisotopic (exact) mass is 1040 g/mol. The summed E-state index contributed by atoms with van der Waals surface area (Å²) in [6.45, 7) is 24.6. The first-order valence-corrected chi connectivity index (χ1v) is 31.4. The molecule has 14 heteroatoms. The Bertz CT molecular complexity index is 1960. The summed E-state index contributed by atoms with van der Waals surface area (Å²) in [5, 5.41) is 2.21. The number of benzene rings is 2. The lowest BCUT2D eigenvalue weighted by Gasteiger charge is -2.39. The maximum atomic E-state index is 15.1. The van der Waals surface area contributed by atoms with Gasteiger partial charge in [0.1, 0.15) is 14.3 Å². The molecule has 0 atom stereocenters. The largest absolute Gasteiger partial charge is 0.495 e. The van der Waals surface area contributed by atoms with E-state index in [1.165, 1.54) is 103 Å². The number of hydrogen-bond donors (Lipinski definition) is 0. The Morgan fingerprint density at radius 1 is 0.397 bits per heavy atom. The third kappa shape index (κ3) is 11.4. The highest BCUT2D eigenvalue weighted by atomic mass is 79.9. The van der Waals surface area contributed by atoms with E-state index in [4.69, 9.17) is 27.9 Å². The topological polar surface area (TPSA) is 89.5 Å². The van der Waals surface area contributed by atoms with Gasteiger partial charge in [0.2, 0.25) is 0 Å². The quantitative estimate of drug-likeness (QED) is 0.191. The third-order valence-electron chi connectivity index (χ3n) is 18.3. The highest BCUT2D eigenvalue weighted by molar-refractivity contribution is 9.10. The molecule has 3 heterocycles. The van der Waals surface area contributed by atoms with Gasteiger partial charge in [0.15, 0.2) is 0 Å². The highest BCUT2D eigenvalue weighted by Crippen LogP contribution is 2.63. The molecule has 0 unspecified atom stereocenters. The fourth-order valence-corrected chi connectivity index (χ4v) is 22.0. The summed E-state index contributed by atoms with van der Waals surface area (Å²) in [5.41, 5.74) is 0.359. The van der Waals surface area contributed by atoms with Crippen LogP contribution in [0.1, 0.15) is 212 Å². The molecule has 4 saturated carbocycles. The maximum Gasteiger partial charge on any atom is 0.495 e. The predicted octanol–water partition coefficient (Wildman–Crippen LogP) is 14.0. The molecule has 9 rings (SSSR count). The van der Waals surface area contributed by atoms with Gasteiger partial charge in [-0.25, -0.2) is 0 Å². The molecule has 0 amide bonds. The van der Waals surface area contributed by atoms with Crippen molar-refractivity contribution in [2.45, 2.75) is 268 Å². The average Bonchev–Trinajstić information content (AvgIpc) is 3.79. The molecule has 3 saturated heterocycles. The molecule has 0 aromatic heterocycles. The van der Waals surface area contributed by atoms with E-state index in [0.29, 0.717) is 22.6 Å². The van der Waals surface area contributed by atoms with Crippen molar-refractivity contribution in [1.29, 1.82) is 0 Å². The normalized spacial score (nSPS) is 26.5. The van der Waals surface area contributed by atoms with Gasteiger partial charge in [-0.2, -0.15) is 0 Å². The lowest BCUT2D eigenvalue weighted by Crippen LogP contribution is -2.46. The lowest BCUT2D eigenvalue weighted by molar-refractivity contribution is 0.00578. The van der Waals surface area contributed by atoms with Crippen molar-refractivity contribution in [3.8, 4) is 0 Å². The van der Waals surface area contributed by atoms with Crippen LogP contribution in [0.5, 0.6) is 0 Å². The Hall–Kier alpha value is -0.665. The first-order valence-electron chi connectivity index (χ1n) is 27.0. The molecular formula is C54H88B3BrO8P2. The minimum absolute atomic E-state index is 0.336. The van der Waals surface area contributed by atoms with Crippen molar-refractivity contribution in [3.63, 3.8) is 0 Å². The Morgan fingerprint density at radius 3 is 0.985 bits per heavy atom. The second-order valence-corrected chi connectivity index (χ2v) is 32.0. The smallest absolute Gasteiger partial charge is 0.405 e. The number of halogens is 1. The first kappa shape index (κ1) is 55.1. The first-order chi connectivity index (χ1) is 31.9. The summed E-state index contributed by atoms with van der Waals surface area (Å²) in [6, 6.07) is 16.7. The van der Waals surface area contributed by atoms with E-state index in [1.807, 2.05) is 61.5 Å². The summed E-state index contributed by atoms with van der Waals surface area (Å²) in [7, 11) is -6.25. The molecule has 2 aromatic rings. The standard InChI is InChI=1S/C24H38BO3P.C18H26BrOP.C12H24B2O4/c1-23(2)24(3,4)28-25(27-23)21-17-11-12-18-22(21)29(26,19-13-7-5-8-14-19)20-15-9-6-10-16-20;19-17-13-7-8-14-18(17)21(20,15-9-3-1-4-10-15)16-11-5-2-6-12-16;1-9(2)10(3,4)16-13(15-9)14-17-11(5,6)12(7,8)18-14/h11-12,17-20H,5-10,13-16H2,1-4H3;7-8,13-16H,1-6,9-12H2;1-8H3. The fourth-order valence-electron chi connectivity index (χ4n) is 12.0. The van der Waals surface area contributed by atoms with Crippen LogP contribution in [0.15, 0.2) is 53.0 Å². The zero-order valence-corrected chi connectivity index (χ0v) is 47.7. The maximum absolute atomic E-state index is 15.1. The van der Waals surface area contributed by atoms with Crippen molar-refractivity contribution >= 4 is 67.4 Å². The van der Waals surface area contributed by atoms with Crippen LogP contribution >= 0.6 is 30.2 Å². The number of rotatable bonds is 8. The molecule has 0 bridgehead atoms. The van der Waals surface area contributed by atoms with Gasteiger partial charge in [-0.05, 0) is 146 Å². The molecule has 0 N–H and O–H groups in total. The van der Waals surface area contributed by atoms with Gasteiger partial charge in [-0.1, -0.05) is 135 Å². The minimum atomic E-state index is -2.56.